The Morgan fingerprint density at radius 3 is 2.53 bits per heavy atom. The molecule has 0 radical (unpaired) electrons. The Hall–Kier alpha value is -1.91. The number of esters is 1. The maximum absolute atomic E-state index is 13.7. The summed E-state index contributed by atoms with van der Waals surface area (Å²) in [6, 6.07) is 6.36. The van der Waals surface area contributed by atoms with Crippen molar-refractivity contribution in [2.45, 2.75) is 26.2 Å². The number of carbonyl (C=O) groups is 2. The fraction of sp³-hybridized carbons (Fsp3) is 0.429. The number of hydrogen-bond acceptors (Lipinski definition) is 3. The smallest absolute Gasteiger partial charge is 0.396 e. The maximum Gasteiger partial charge on any atom is 0.396 e. The van der Waals surface area contributed by atoms with Gasteiger partial charge in [0.2, 0.25) is 0 Å². The quantitative estimate of drug-likeness (QED) is 0.668. The molecule has 1 rings (SSSR count). The number of ether oxygens (including phenoxy) is 1. The highest BCUT2D eigenvalue weighted by Gasteiger charge is 2.26. The molecule has 5 heteroatoms. The van der Waals surface area contributed by atoms with Crippen LogP contribution >= 0.6 is 0 Å². The Kier molecular flexibility index (Phi) is 5.03. The van der Waals surface area contributed by atoms with E-state index in [1.165, 1.54) is 6.07 Å². The monoisotopic (exact) mass is 267 g/mol. The molecule has 1 aromatic carbocycles. The summed E-state index contributed by atoms with van der Waals surface area (Å²) >= 11 is 0. The van der Waals surface area contributed by atoms with Crippen LogP contribution in [0, 0.1) is 5.82 Å². The molecular weight excluding hydrogens is 249 g/mol. The number of carbonyl (C=O) groups excluding carboxylic acids is 2. The van der Waals surface area contributed by atoms with E-state index in [-0.39, 0.29) is 19.0 Å². The van der Waals surface area contributed by atoms with Crippen molar-refractivity contribution in [3.8, 4) is 0 Å². The molecule has 0 bridgehead atoms. The van der Waals surface area contributed by atoms with Gasteiger partial charge >= 0.3 is 11.9 Å². The van der Waals surface area contributed by atoms with Crippen molar-refractivity contribution in [2.75, 3.05) is 13.2 Å². The van der Waals surface area contributed by atoms with E-state index in [0.717, 1.165) is 0 Å². The first-order chi connectivity index (χ1) is 8.88. The Bertz CT molecular complexity index is 472. The van der Waals surface area contributed by atoms with Crippen LogP contribution in [0.1, 0.15) is 26.3 Å². The average Bonchev–Trinajstić information content (AvgIpc) is 2.36. The van der Waals surface area contributed by atoms with Crippen molar-refractivity contribution >= 4 is 11.9 Å². The van der Waals surface area contributed by atoms with E-state index in [0.29, 0.717) is 5.56 Å². The minimum atomic E-state index is -0.924. The van der Waals surface area contributed by atoms with Crippen LogP contribution in [-0.4, -0.2) is 25.0 Å². The van der Waals surface area contributed by atoms with Crippen molar-refractivity contribution in [1.82, 2.24) is 5.32 Å². The molecule has 0 heterocycles. The molecule has 0 atom stereocenters. The van der Waals surface area contributed by atoms with Gasteiger partial charge in [-0.2, -0.15) is 0 Å². The van der Waals surface area contributed by atoms with E-state index in [2.05, 4.69) is 10.1 Å². The average molecular weight is 267 g/mol. The van der Waals surface area contributed by atoms with Gasteiger partial charge in [-0.3, -0.25) is 4.79 Å². The number of hydrogen-bond donors (Lipinski definition) is 1. The Morgan fingerprint density at radius 2 is 1.95 bits per heavy atom. The van der Waals surface area contributed by atoms with Crippen LogP contribution in [0.5, 0.6) is 0 Å². The maximum atomic E-state index is 13.7. The second-order valence-electron chi connectivity index (χ2n) is 4.77. The van der Waals surface area contributed by atoms with Crippen molar-refractivity contribution in [3.05, 3.63) is 35.6 Å². The molecule has 0 saturated carbocycles. The highest BCUT2D eigenvalue weighted by Crippen LogP contribution is 2.24. The summed E-state index contributed by atoms with van der Waals surface area (Å²) in [7, 11) is 0. The third-order valence-electron chi connectivity index (χ3n) is 2.75. The summed E-state index contributed by atoms with van der Waals surface area (Å²) < 4.78 is 18.3. The minimum Gasteiger partial charge on any atom is -0.459 e. The van der Waals surface area contributed by atoms with Gasteiger partial charge in [-0.25, -0.2) is 9.18 Å². The van der Waals surface area contributed by atoms with Crippen LogP contribution in [0.3, 0.4) is 0 Å². The molecule has 0 aliphatic carbocycles. The minimum absolute atomic E-state index is 0.142. The van der Waals surface area contributed by atoms with E-state index >= 15 is 0 Å². The first-order valence-corrected chi connectivity index (χ1v) is 6.08. The second-order valence-corrected chi connectivity index (χ2v) is 4.77. The number of nitrogens with one attached hydrogen (secondary N) is 1. The number of benzene rings is 1. The molecular formula is C14H18FNO3. The predicted molar refractivity (Wildman–Crippen MR) is 69.1 cm³/mol. The highest BCUT2D eigenvalue weighted by atomic mass is 19.1. The van der Waals surface area contributed by atoms with Crippen LogP contribution in [-0.2, 0) is 19.7 Å². The lowest BCUT2D eigenvalue weighted by atomic mass is 9.84. The topological polar surface area (TPSA) is 55.4 Å². The van der Waals surface area contributed by atoms with E-state index in [9.17, 15) is 14.0 Å². The van der Waals surface area contributed by atoms with Gasteiger partial charge < -0.3 is 10.1 Å². The SMILES string of the molecule is CCOC(=O)C(=O)NCC(C)(C)c1ccccc1F. The van der Waals surface area contributed by atoms with Gasteiger partial charge in [0.15, 0.2) is 0 Å². The molecule has 0 aromatic heterocycles. The van der Waals surface area contributed by atoms with Crippen LogP contribution in [0.25, 0.3) is 0 Å². The number of rotatable bonds is 4. The van der Waals surface area contributed by atoms with E-state index in [4.69, 9.17) is 0 Å². The molecule has 1 amide bonds. The summed E-state index contributed by atoms with van der Waals surface area (Å²) in [4.78, 5) is 22.6. The molecule has 19 heavy (non-hydrogen) atoms. The van der Waals surface area contributed by atoms with Gasteiger partial charge in [0.05, 0.1) is 6.61 Å². The highest BCUT2D eigenvalue weighted by molar-refractivity contribution is 6.32. The molecule has 104 valence electrons. The Labute approximate surface area is 112 Å². The molecule has 0 unspecified atom stereocenters. The van der Waals surface area contributed by atoms with Crippen molar-refractivity contribution < 1.29 is 18.7 Å². The first kappa shape index (κ1) is 15.1. The standard InChI is InChI=1S/C14H18FNO3/c1-4-19-13(18)12(17)16-9-14(2,3)10-7-5-6-8-11(10)15/h5-8H,4,9H2,1-3H3,(H,16,17). The van der Waals surface area contributed by atoms with Crippen molar-refractivity contribution in [1.29, 1.82) is 0 Å². The van der Waals surface area contributed by atoms with E-state index in [1.54, 1.807) is 39.0 Å². The molecule has 4 nitrogen and oxygen atoms in total. The Morgan fingerprint density at radius 1 is 1.32 bits per heavy atom. The molecule has 0 aliphatic rings. The van der Waals surface area contributed by atoms with Crippen LogP contribution in [0.4, 0.5) is 4.39 Å². The van der Waals surface area contributed by atoms with Crippen LogP contribution in [0.15, 0.2) is 24.3 Å². The summed E-state index contributed by atoms with van der Waals surface area (Å²) in [5, 5.41) is 2.45. The summed E-state index contributed by atoms with van der Waals surface area (Å²) in [6.45, 7) is 5.48. The third-order valence-corrected chi connectivity index (χ3v) is 2.75. The van der Waals surface area contributed by atoms with Gasteiger partial charge in [0, 0.05) is 12.0 Å². The Balaban J connectivity index is 2.68. The molecule has 0 spiro atoms. The summed E-state index contributed by atoms with van der Waals surface area (Å²) in [5.74, 6) is -2.07. The van der Waals surface area contributed by atoms with Gasteiger partial charge in [0.25, 0.3) is 0 Å². The lowest BCUT2D eigenvalue weighted by Crippen LogP contribution is -2.41. The van der Waals surface area contributed by atoms with Gasteiger partial charge in [-0.05, 0) is 18.6 Å². The molecule has 0 saturated heterocycles. The molecule has 1 aromatic rings. The van der Waals surface area contributed by atoms with Gasteiger partial charge in [-0.1, -0.05) is 32.0 Å². The fourth-order valence-corrected chi connectivity index (χ4v) is 1.68. The lowest BCUT2D eigenvalue weighted by molar-refractivity contribution is -0.154. The third kappa shape index (κ3) is 4.05. The van der Waals surface area contributed by atoms with E-state index in [1.807, 2.05) is 0 Å². The molecule has 0 aliphatic heterocycles. The largest absolute Gasteiger partial charge is 0.459 e. The van der Waals surface area contributed by atoms with Crippen LogP contribution < -0.4 is 5.32 Å². The van der Waals surface area contributed by atoms with Crippen LogP contribution in [0.2, 0.25) is 0 Å². The second kappa shape index (κ2) is 6.31. The van der Waals surface area contributed by atoms with Gasteiger partial charge in [0.1, 0.15) is 5.82 Å². The fourth-order valence-electron chi connectivity index (χ4n) is 1.68. The zero-order valence-electron chi connectivity index (χ0n) is 11.3. The number of amides is 1. The van der Waals surface area contributed by atoms with Crippen molar-refractivity contribution in [3.63, 3.8) is 0 Å². The summed E-state index contributed by atoms with van der Waals surface area (Å²) in [5.41, 5.74) is -0.132. The van der Waals surface area contributed by atoms with Gasteiger partial charge in [-0.15, -0.1) is 0 Å². The lowest BCUT2D eigenvalue weighted by Gasteiger charge is -2.25. The summed E-state index contributed by atoms with van der Waals surface area (Å²) in [6.07, 6.45) is 0. The number of halogens is 1. The van der Waals surface area contributed by atoms with Crippen molar-refractivity contribution in [2.24, 2.45) is 0 Å². The zero-order chi connectivity index (χ0) is 14.5. The van der Waals surface area contributed by atoms with E-state index < -0.39 is 17.3 Å². The first-order valence-electron chi connectivity index (χ1n) is 6.08. The zero-order valence-corrected chi connectivity index (χ0v) is 11.3. The predicted octanol–water partition coefficient (Wildman–Crippen LogP) is 1.78. The normalized spacial score (nSPS) is 10.9. The molecule has 0 fully saturated rings. The molecule has 1 N–H and O–H groups in total.